The van der Waals surface area contributed by atoms with Crippen LogP contribution in [-0.4, -0.2) is 16.1 Å². The second-order valence-corrected chi connectivity index (χ2v) is 4.79. The number of aldehydes is 1. The molecule has 0 spiro atoms. The number of halogens is 1. The molecule has 3 aromatic rings. The molecule has 0 aliphatic carbocycles. The van der Waals surface area contributed by atoms with Crippen LogP contribution in [0.1, 0.15) is 15.9 Å². The predicted molar refractivity (Wildman–Crippen MR) is 79.1 cm³/mol. The Labute approximate surface area is 121 Å². The van der Waals surface area contributed by atoms with Crippen LogP contribution in [0.2, 0.25) is 0 Å². The van der Waals surface area contributed by atoms with Crippen LogP contribution in [0.5, 0.6) is 0 Å². The van der Waals surface area contributed by atoms with Crippen molar-refractivity contribution in [3.63, 3.8) is 0 Å². The molecule has 1 heterocycles. The molecule has 0 bridgehead atoms. The highest BCUT2D eigenvalue weighted by molar-refractivity contribution is 5.85. The first-order valence-electron chi connectivity index (χ1n) is 6.56. The van der Waals surface area contributed by atoms with E-state index in [0.29, 0.717) is 22.4 Å². The highest BCUT2D eigenvalue weighted by Crippen LogP contribution is 2.24. The largest absolute Gasteiger partial charge is 0.298 e. The lowest BCUT2D eigenvalue weighted by Crippen LogP contribution is -1.94. The van der Waals surface area contributed by atoms with Gasteiger partial charge in [0.25, 0.3) is 0 Å². The van der Waals surface area contributed by atoms with Crippen LogP contribution >= 0.6 is 0 Å². The second kappa shape index (κ2) is 5.32. The second-order valence-electron chi connectivity index (χ2n) is 4.79. The predicted octanol–water partition coefficient (Wildman–Crippen LogP) is 3.80. The SMILES string of the molecule is Cc1ccc(-c2nn(-c3ccccc3)cc2C=O)cc1F. The van der Waals surface area contributed by atoms with Gasteiger partial charge in [-0.25, -0.2) is 9.07 Å². The van der Waals surface area contributed by atoms with Gasteiger partial charge in [-0.1, -0.05) is 30.3 Å². The van der Waals surface area contributed by atoms with E-state index in [2.05, 4.69) is 5.10 Å². The maximum atomic E-state index is 13.7. The van der Waals surface area contributed by atoms with Crippen molar-refractivity contribution in [2.24, 2.45) is 0 Å². The number of carbonyl (C=O) groups excluding carboxylic acids is 1. The van der Waals surface area contributed by atoms with E-state index in [1.807, 2.05) is 30.3 Å². The number of aromatic nitrogens is 2. The third-order valence-electron chi connectivity index (χ3n) is 3.34. The van der Waals surface area contributed by atoms with Crippen molar-refractivity contribution in [1.82, 2.24) is 9.78 Å². The Morgan fingerprint density at radius 1 is 1.14 bits per heavy atom. The van der Waals surface area contributed by atoms with E-state index in [1.54, 1.807) is 29.9 Å². The quantitative estimate of drug-likeness (QED) is 0.684. The summed E-state index contributed by atoms with van der Waals surface area (Å²) < 4.78 is 15.3. The minimum absolute atomic E-state index is 0.307. The van der Waals surface area contributed by atoms with Gasteiger partial charge in [0.05, 0.1) is 11.3 Å². The molecule has 3 nitrogen and oxygen atoms in total. The summed E-state index contributed by atoms with van der Waals surface area (Å²) in [5, 5.41) is 4.41. The number of hydrogen-bond acceptors (Lipinski definition) is 2. The first-order chi connectivity index (χ1) is 10.2. The van der Waals surface area contributed by atoms with Crippen LogP contribution in [0.4, 0.5) is 4.39 Å². The van der Waals surface area contributed by atoms with E-state index >= 15 is 0 Å². The molecule has 0 fully saturated rings. The Morgan fingerprint density at radius 2 is 1.90 bits per heavy atom. The minimum Gasteiger partial charge on any atom is -0.298 e. The van der Waals surface area contributed by atoms with Crippen molar-refractivity contribution in [2.45, 2.75) is 6.92 Å². The Balaban J connectivity index is 2.12. The van der Waals surface area contributed by atoms with Gasteiger partial charge in [0.1, 0.15) is 11.5 Å². The molecule has 0 atom stereocenters. The summed E-state index contributed by atoms with van der Waals surface area (Å²) in [4.78, 5) is 11.3. The van der Waals surface area contributed by atoms with Crippen LogP contribution in [0, 0.1) is 12.7 Å². The maximum absolute atomic E-state index is 13.7. The summed E-state index contributed by atoms with van der Waals surface area (Å²) in [5.74, 6) is -0.307. The minimum atomic E-state index is -0.307. The fourth-order valence-corrected chi connectivity index (χ4v) is 2.15. The molecule has 0 saturated carbocycles. The lowest BCUT2D eigenvalue weighted by atomic mass is 10.1. The molecule has 0 amide bonds. The van der Waals surface area contributed by atoms with Gasteiger partial charge in [-0.05, 0) is 30.7 Å². The summed E-state index contributed by atoms with van der Waals surface area (Å²) >= 11 is 0. The van der Waals surface area contributed by atoms with Gasteiger partial charge in [-0.15, -0.1) is 0 Å². The molecule has 4 heteroatoms. The Bertz CT molecular complexity index is 794. The Kier molecular flexibility index (Phi) is 3.36. The molecular weight excluding hydrogens is 267 g/mol. The van der Waals surface area contributed by atoms with Gasteiger partial charge in [-0.2, -0.15) is 5.10 Å². The van der Waals surface area contributed by atoms with E-state index < -0.39 is 0 Å². The zero-order valence-electron chi connectivity index (χ0n) is 11.5. The van der Waals surface area contributed by atoms with Crippen molar-refractivity contribution in [3.05, 3.63) is 71.7 Å². The highest BCUT2D eigenvalue weighted by atomic mass is 19.1. The van der Waals surface area contributed by atoms with Crippen molar-refractivity contribution >= 4 is 6.29 Å². The van der Waals surface area contributed by atoms with Gasteiger partial charge < -0.3 is 0 Å². The molecule has 3 rings (SSSR count). The van der Waals surface area contributed by atoms with Crippen molar-refractivity contribution in [3.8, 4) is 16.9 Å². The number of carbonyl (C=O) groups is 1. The van der Waals surface area contributed by atoms with Crippen LogP contribution in [-0.2, 0) is 0 Å². The van der Waals surface area contributed by atoms with Gasteiger partial charge in [0, 0.05) is 11.8 Å². The molecule has 21 heavy (non-hydrogen) atoms. The molecule has 2 aromatic carbocycles. The van der Waals surface area contributed by atoms with Crippen LogP contribution in [0.15, 0.2) is 54.7 Å². The lowest BCUT2D eigenvalue weighted by molar-refractivity contribution is 0.112. The first-order valence-corrected chi connectivity index (χ1v) is 6.56. The van der Waals surface area contributed by atoms with Gasteiger partial charge in [0.2, 0.25) is 0 Å². The number of nitrogens with zero attached hydrogens (tertiary/aromatic N) is 2. The Hall–Kier alpha value is -2.75. The highest BCUT2D eigenvalue weighted by Gasteiger charge is 2.12. The fraction of sp³-hybridized carbons (Fsp3) is 0.0588. The molecule has 0 aliphatic heterocycles. The van der Waals surface area contributed by atoms with E-state index in [4.69, 9.17) is 0 Å². The Morgan fingerprint density at radius 3 is 2.57 bits per heavy atom. The fourth-order valence-electron chi connectivity index (χ4n) is 2.15. The lowest BCUT2D eigenvalue weighted by Gasteiger charge is -2.02. The first kappa shape index (κ1) is 13.2. The van der Waals surface area contributed by atoms with Crippen LogP contribution < -0.4 is 0 Å². The average molecular weight is 280 g/mol. The number of para-hydroxylation sites is 1. The van der Waals surface area contributed by atoms with Gasteiger partial charge in [0.15, 0.2) is 6.29 Å². The summed E-state index contributed by atoms with van der Waals surface area (Å²) in [6.45, 7) is 1.70. The van der Waals surface area contributed by atoms with Crippen molar-refractivity contribution in [2.75, 3.05) is 0 Å². The molecule has 0 unspecified atom stereocenters. The van der Waals surface area contributed by atoms with Gasteiger partial charge >= 0.3 is 0 Å². The smallest absolute Gasteiger partial charge is 0.153 e. The molecule has 0 saturated heterocycles. The third kappa shape index (κ3) is 2.48. The number of rotatable bonds is 3. The van der Waals surface area contributed by atoms with E-state index in [-0.39, 0.29) is 5.82 Å². The topological polar surface area (TPSA) is 34.9 Å². The molecule has 0 aliphatic rings. The normalized spacial score (nSPS) is 10.6. The van der Waals surface area contributed by atoms with E-state index in [1.165, 1.54) is 6.07 Å². The molecular formula is C17H13FN2O. The number of aryl methyl sites for hydroxylation is 1. The third-order valence-corrected chi connectivity index (χ3v) is 3.34. The molecule has 0 N–H and O–H groups in total. The monoisotopic (exact) mass is 280 g/mol. The summed E-state index contributed by atoms with van der Waals surface area (Å²) in [6, 6.07) is 14.3. The zero-order valence-corrected chi connectivity index (χ0v) is 11.5. The average Bonchev–Trinajstić information content (AvgIpc) is 2.95. The van der Waals surface area contributed by atoms with Crippen LogP contribution in [0.3, 0.4) is 0 Å². The van der Waals surface area contributed by atoms with E-state index in [9.17, 15) is 9.18 Å². The molecule has 0 radical (unpaired) electrons. The number of benzene rings is 2. The molecule has 1 aromatic heterocycles. The molecule has 104 valence electrons. The van der Waals surface area contributed by atoms with Crippen molar-refractivity contribution < 1.29 is 9.18 Å². The van der Waals surface area contributed by atoms with Crippen molar-refractivity contribution in [1.29, 1.82) is 0 Å². The van der Waals surface area contributed by atoms with E-state index in [0.717, 1.165) is 12.0 Å². The summed E-state index contributed by atoms with van der Waals surface area (Å²) in [6.07, 6.45) is 2.38. The standard InChI is InChI=1S/C17H13FN2O/c1-12-7-8-13(9-16(12)18)17-14(11-21)10-20(19-17)15-5-3-2-4-6-15/h2-11H,1H3. The zero-order chi connectivity index (χ0) is 14.8. The van der Waals surface area contributed by atoms with Gasteiger partial charge in [-0.3, -0.25) is 4.79 Å². The maximum Gasteiger partial charge on any atom is 0.153 e. The number of hydrogen-bond donors (Lipinski definition) is 0. The van der Waals surface area contributed by atoms with Crippen LogP contribution in [0.25, 0.3) is 16.9 Å². The summed E-state index contributed by atoms with van der Waals surface area (Å²) in [5.41, 5.74) is 2.91. The summed E-state index contributed by atoms with van der Waals surface area (Å²) in [7, 11) is 0.